The lowest BCUT2D eigenvalue weighted by Gasteiger charge is -2.41. The van der Waals surface area contributed by atoms with Crippen LogP contribution in [0.25, 0.3) is 0 Å². The minimum Gasteiger partial charge on any atom is -0.481 e. The molecular weight excluding hydrogens is 395 g/mol. The van der Waals surface area contributed by atoms with Crippen LogP contribution < -0.4 is 0 Å². The summed E-state index contributed by atoms with van der Waals surface area (Å²) in [6.07, 6.45) is -5.45. The van der Waals surface area contributed by atoms with E-state index in [1.165, 1.54) is 25.9 Å². The molecule has 0 radical (unpaired) electrons. The zero-order valence-electron chi connectivity index (χ0n) is 18.0. The van der Waals surface area contributed by atoms with Gasteiger partial charge in [0, 0.05) is 27.2 Å². The maximum absolute atomic E-state index is 13.0. The van der Waals surface area contributed by atoms with Crippen LogP contribution in [0.4, 0.5) is 13.2 Å². The van der Waals surface area contributed by atoms with E-state index < -0.39 is 53.4 Å². The summed E-state index contributed by atoms with van der Waals surface area (Å²) < 4.78 is 38.4. The maximum atomic E-state index is 13.0. The molecular formula is C18H30F3N3O5. The summed E-state index contributed by atoms with van der Waals surface area (Å²) in [6.45, 7) is 7.16. The van der Waals surface area contributed by atoms with E-state index in [2.05, 4.69) is 0 Å². The Morgan fingerprint density at radius 3 is 1.69 bits per heavy atom. The van der Waals surface area contributed by atoms with Gasteiger partial charge in [-0.05, 0) is 26.7 Å². The highest BCUT2D eigenvalue weighted by Crippen LogP contribution is 2.26. The van der Waals surface area contributed by atoms with Gasteiger partial charge in [-0.2, -0.15) is 13.2 Å². The summed E-state index contributed by atoms with van der Waals surface area (Å²) >= 11 is 0. The summed E-state index contributed by atoms with van der Waals surface area (Å²) in [6, 6.07) is -1.72. The van der Waals surface area contributed by atoms with Crippen molar-refractivity contribution in [2.75, 3.05) is 21.1 Å². The Balaban J connectivity index is 5.76. The quantitative estimate of drug-likeness (QED) is 0.637. The highest BCUT2D eigenvalue weighted by atomic mass is 19.4. The number of hydrogen-bond donors (Lipinski definition) is 1. The number of rotatable bonds is 8. The van der Waals surface area contributed by atoms with Crippen LogP contribution in [0.3, 0.4) is 0 Å². The predicted molar refractivity (Wildman–Crippen MR) is 98.8 cm³/mol. The average Bonchev–Trinajstić information content (AvgIpc) is 2.56. The smallest absolute Gasteiger partial charge is 0.471 e. The van der Waals surface area contributed by atoms with Gasteiger partial charge in [-0.15, -0.1) is 0 Å². The molecule has 29 heavy (non-hydrogen) atoms. The van der Waals surface area contributed by atoms with Gasteiger partial charge in [0.1, 0.15) is 11.6 Å². The Bertz CT molecular complexity index is 649. The van der Waals surface area contributed by atoms with Crippen LogP contribution in [0.5, 0.6) is 0 Å². The van der Waals surface area contributed by atoms with Crippen LogP contribution in [-0.4, -0.2) is 88.4 Å². The SMILES string of the molecule is CC(C)[C@@H](C(=O)N(C)[C@H](C)CC(=O)O)N(C)C(=O)C(C)(C)N(C)C(=O)C(F)(F)F. The zero-order chi connectivity index (χ0) is 23.5. The number of alkyl halides is 3. The number of nitrogens with zero attached hydrogens (tertiary/aromatic N) is 3. The molecule has 0 unspecified atom stereocenters. The third kappa shape index (κ3) is 6.33. The predicted octanol–water partition coefficient (Wildman–Crippen LogP) is 1.59. The van der Waals surface area contributed by atoms with Crippen molar-refractivity contribution in [1.82, 2.24) is 14.7 Å². The number of likely N-dealkylation sites (N-methyl/N-ethyl adjacent to an activating group) is 3. The molecule has 11 heteroatoms. The largest absolute Gasteiger partial charge is 0.481 e. The van der Waals surface area contributed by atoms with Gasteiger partial charge in [-0.1, -0.05) is 13.8 Å². The lowest BCUT2D eigenvalue weighted by atomic mass is 9.95. The Morgan fingerprint density at radius 2 is 1.34 bits per heavy atom. The summed E-state index contributed by atoms with van der Waals surface area (Å²) in [5.41, 5.74) is -1.87. The van der Waals surface area contributed by atoms with Gasteiger partial charge in [-0.25, -0.2) is 0 Å². The van der Waals surface area contributed by atoms with Gasteiger partial charge in [0.15, 0.2) is 0 Å². The molecule has 0 saturated heterocycles. The summed E-state index contributed by atoms with van der Waals surface area (Å²) in [4.78, 5) is 50.9. The molecule has 0 bridgehead atoms. The van der Waals surface area contributed by atoms with Gasteiger partial charge >= 0.3 is 18.1 Å². The standard InChI is InChI=1S/C18H30F3N3O5/c1-10(2)13(14(27)22(6)11(3)9-12(25)26)23(7)15(28)17(4,5)24(8)16(29)18(19,20)21/h10-11,13H,9H2,1-8H3,(H,25,26)/t11-,13+/m1/s1. The Hall–Kier alpha value is -2.33. The Labute approximate surface area is 168 Å². The van der Waals surface area contributed by atoms with Crippen LogP contribution in [0.15, 0.2) is 0 Å². The van der Waals surface area contributed by atoms with E-state index in [1.54, 1.807) is 13.8 Å². The molecule has 0 aliphatic carbocycles. The number of carboxylic acid groups (broad SMARTS) is 1. The molecule has 0 aliphatic rings. The lowest BCUT2D eigenvalue weighted by Crippen LogP contribution is -2.62. The highest BCUT2D eigenvalue weighted by Gasteiger charge is 2.49. The van der Waals surface area contributed by atoms with Crippen LogP contribution in [0.2, 0.25) is 0 Å². The normalized spacial score (nSPS) is 14.2. The minimum atomic E-state index is -5.15. The number of amides is 3. The number of carbonyl (C=O) groups is 4. The molecule has 8 nitrogen and oxygen atoms in total. The fraction of sp³-hybridized carbons (Fsp3) is 0.778. The fourth-order valence-electron chi connectivity index (χ4n) is 2.86. The Kier molecular flexibility index (Phi) is 8.69. The molecule has 0 rings (SSSR count). The fourth-order valence-corrected chi connectivity index (χ4v) is 2.86. The van der Waals surface area contributed by atoms with E-state index >= 15 is 0 Å². The van der Waals surface area contributed by atoms with Crippen molar-refractivity contribution in [2.45, 2.75) is 64.8 Å². The van der Waals surface area contributed by atoms with Gasteiger partial charge in [0.05, 0.1) is 6.42 Å². The molecule has 0 fully saturated rings. The van der Waals surface area contributed by atoms with Crippen LogP contribution in [0.1, 0.15) is 41.0 Å². The van der Waals surface area contributed by atoms with Crippen molar-refractivity contribution >= 4 is 23.7 Å². The topological polar surface area (TPSA) is 98.2 Å². The first-order valence-electron chi connectivity index (χ1n) is 8.98. The van der Waals surface area contributed by atoms with E-state index in [9.17, 15) is 32.3 Å². The second-order valence-corrected chi connectivity index (χ2v) is 7.92. The molecule has 0 aliphatic heterocycles. The van der Waals surface area contributed by atoms with Crippen molar-refractivity contribution in [2.24, 2.45) is 5.92 Å². The van der Waals surface area contributed by atoms with Crippen LogP contribution >= 0.6 is 0 Å². The number of carboxylic acids is 1. The van der Waals surface area contributed by atoms with Gasteiger partial charge in [0.25, 0.3) is 0 Å². The third-order valence-electron chi connectivity index (χ3n) is 5.01. The summed E-state index contributed by atoms with van der Waals surface area (Å²) in [5, 5.41) is 8.91. The molecule has 0 saturated carbocycles. The second-order valence-electron chi connectivity index (χ2n) is 7.92. The van der Waals surface area contributed by atoms with Crippen molar-refractivity contribution in [3.63, 3.8) is 0 Å². The molecule has 3 amide bonds. The first kappa shape index (κ1) is 26.7. The van der Waals surface area contributed by atoms with E-state index in [0.717, 1.165) is 25.8 Å². The van der Waals surface area contributed by atoms with E-state index in [4.69, 9.17) is 5.11 Å². The molecule has 168 valence electrons. The zero-order valence-corrected chi connectivity index (χ0v) is 18.0. The number of carbonyl (C=O) groups excluding carboxylic acids is 3. The van der Waals surface area contributed by atoms with Crippen molar-refractivity contribution < 1.29 is 37.5 Å². The van der Waals surface area contributed by atoms with E-state index in [0.29, 0.717) is 4.90 Å². The van der Waals surface area contributed by atoms with Crippen molar-refractivity contribution in [3.05, 3.63) is 0 Å². The van der Waals surface area contributed by atoms with Crippen LogP contribution in [0, 0.1) is 5.92 Å². The van der Waals surface area contributed by atoms with Crippen molar-refractivity contribution in [3.8, 4) is 0 Å². The molecule has 2 atom stereocenters. The van der Waals surface area contributed by atoms with Gasteiger partial charge < -0.3 is 19.8 Å². The monoisotopic (exact) mass is 425 g/mol. The minimum absolute atomic E-state index is 0.296. The summed E-state index contributed by atoms with van der Waals surface area (Å²) in [5.74, 6) is -5.11. The summed E-state index contributed by atoms with van der Waals surface area (Å²) in [7, 11) is 3.54. The number of halogens is 3. The highest BCUT2D eigenvalue weighted by molar-refractivity contribution is 5.95. The van der Waals surface area contributed by atoms with Gasteiger partial charge in [-0.3, -0.25) is 19.2 Å². The molecule has 0 aromatic rings. The van der Waals surface area contributed by atoms with Gasteiger partial charge in [0.2, 0.25) is 11.8 Å². The van der Waals surface area contributed by atoms with E-state index in [1.807, 2.05) is 0 Å². The molecule has 0 aromatic heterocycles. The number of aliphatic carboxylic acids is 1. The molecule has 1 N–H and O–H groups in total. The second kappa shape index (κ2) is 9.45. The molecule has 0 aromatic carbocycles. The Morgan fingerprint density at radius 1 is 0.897 bits per heavy atom. The third-order valence-corrected chi connectivity index (χ3v) is 5.01. The van der Waals surface area contributed by atoms with Crippen LogP contribution in [-0.2, 0) is 19.2 Å². The number of hydrogen-bond acceptors (Lipinski definition) is 4. The lowest BCUT2D eigenvalue weighted by molar-refractivity contribution is -0.191. The molecule has 0 heterocycles. The average molecular weight is 425 g/mol. The van der Waals surface area contributed by atoms with E-state index in [-0.39, 0.29) is 6.42 Å². The first-order valence-corrected chi connectivity index (χ1v) is 8.98. The van der Waals surface area contributed by atoms with Crippen molar-refractivity contribution in [1.29, 1.82) is 0 Å². The maximum Gasteiger partial charge on any atom is 0.471 e. The first-order chi connectivity index (χ1) is 12.9. The molecule has 0 spiro atoms.